The number of rotatable bonds is 14. The predicted octanol–water partition coefficient (Wildman–Crippen LogP) is 4.66. The van der Waals surface area contributed by atoms with Gasteiger partial charge < -0.3 is 38.3 Å². The Labute approximate surface area is 307 Å². The van der Waals surface area contributed by atoms with Gasteiger partial charge in [0.2, 0.25) is 6.10 Å². The van der Waals surface area contributed by atoms with E-state index >= 15 is 0 Å². The van der Waals surface area contributed by atoms with Gasteiger partial charge in [-0.15, -0.1) is 0 Å². The van der Waals surface area contributed by atoms with Gasteiger partial charge >= 0.3 is 47.8 Å². The lowest BCUT2D eigenvalue weighted by molar-refractivity contribution is -0.160. The van der Waals surface area contributed by atoms with E-state index in [2.05, 4.69) is 0 Å². The Morgan fingerprint density at radius 2 is 1.04 bits per heavy atom. The molecule has 3 aromatic rings. The first kappa shape index (κ1) is 41.3. The zero-order valence-electron chi connectivity index (χ0n) is 29.8. The van der Waals surface area contributed by atoms with Crippen molar-refractivity contribution in [1.29, 1.82) is 0 Å². The number of aliphatic carboxylic acids is 1. The van der Waals surface area contributed by atoms with E-state index in [9.17, 15) is 43.5 Å². The lowest BCUT2D eigenvalue weighted by atomic mass is 10.0. The van der Waals surface area contributed by atoms with E-state index in [-0.39, 0.29) is 57.6 Å². The van der Waals surface area contributed by atoms with Gasteiger partial charge in [-0.25, -0.2) is 9.59 Å². The number of ether oxygens (including phenoxy) is 7. The summed E-state index contributed by atoms with van der Waals surface area (Å²) < 4.78 is 36.2. The quantitative estimate of drug-likeness (QED) is 0.103. The van der Waals surface area contributed by atoms with E-state index in [1.807, 2.05) is 0 Å². The van der Waals surface area contributed by atoms with Crippen molar-refractivity contribution in [3.63, 3.8) is 0 Å². The van der Waals surface area contributed by atoms with Crippen LogP contribution in [0.2, 0.25) is 0 Å². The number of carboxylic acids is 1. The molecule has 54 heavy (non-hydrogen) atoms. The summed E-state index contributed by atoms with van der Waals surface area (Å²) in [5, 5.41) is 9.82. The number of carbonyl (C=O) groups is 8. The molecule has 0 fully saturated rings. The van der Waals surface area contributed by atoms with Gasteiger partial charge in [-0.1, -0.05) is 24.3 Å². The van der Waals surface area contributed by atoms with Crippen LogP contribution < -0.4 is 28.4 Å². The van der Waals surface area contributed by atoms with Crippen molar-refractivity contribution in [3.8, 4) is 34.5 Å². The van der Waals surface area contributed by atoms with Crippen LogP contribution in [0.5, 0.6) is 34.5 Å². The third kappa shape index (κ3) is 12.9. The highest BCUT2D eigenvalue weighted by Gasteiger charge is 2.24. The van der Waals surface area contributed by atoms with Gasteiger partial charge in [0.1, 0.15) is 0 Å². The Kier molecular flexibility index (Phi) is 14.5. The zero-order chi connectivity index (χ0) is 40.1. The number of benzene rings is 3. The van der Waals surface area contributed by atoms with Crippen LogP contribution in [0, 0.1) is 0 Å². The first-order chi connectivity index (χ1) is 25.4. The molecule has 0 aliphatic rings. The molecule has 0 amide bonds. The molecule has 16 heteroatoms. The molecule has 0 radical (unpaired) electrons. The summed E-state index contributed by atoms with van der Waals surface area (Å²) in [6.45, 7) is 6.81. The fraction of sp³-hybridized carbons (Fsp3) is 0.211. The molecule has 0 heterocycles. The van der Waals surface area contributed by atoms with Crippen molar-refractivity contribution in [1.82, 2.24) is 0 Å². The summed E-state index contributed by atoms with van der Waals surface area (Å²) >= 11 is 0. The number of esters is 7. The second kappa shape index (κ2) is 18.9. The highest BCUT2D eigenvalue weighted by atomic mass is 16.6. The zero-order valence-corrected chi connectivity index (χ0v) is 29.8. The first-order valence-electron chi connectivity index (χ1n) is 15.8. The van der Waals surface area contributed by atoms with Gasteiger partial charge in [0.05, 0.1) is 0 Å². The van der Waals surface area contributed by atoms with Gasteiger partial charge in [-0.3, -0.25) is 28.8 Å². The minimum atomic E-state index is -1.73. The molecule has 3 aromatic carbocycles. The molecular weight excluding hydrogens is 712 g/mol. The number of carbonyl (C=O) groups excluding carboxylic acids is 7. The lowest BCUT2D eigenvalue weighted by Gasteiger charge is -2.15. The van der Waals surface area contributed by atoms with Crippen LogP contribution in [0.3, 0.4) is 0 Å². The van der Waals surface area contributed by atoms with E-state index in [4.69, 9.17) is 33.2 Å². The number of hydrogen-bond donors (Lipinski definition) is 1. The molecule has 1 N–H and O–H groups in total. The standard InChI is InChI=1S/C38H34O16/c1-20(39)48-30-13-8-26(17-33(30)51-23(4)42)7-12-29-28(10-15-32(50-22(3)41)37(29)53-25(6)44)11-16-36(45)54-35(38(46)47)19-27-9-14-31(49-21(2)40)34(18-27)52-24(5)43/h7-18,35H,19H2,1-6H3,(H,46,47)/b12-7+,16-11+/t35-/m1/s1. The van der Waals surface area contributed by atoms with Crippen molar-refractivity contribution < 1.29 is 76.6 Å². The summed E-state index contributed by atoms with van der Waals surface area (Å²) in [5.74, 6) is -7.62. The maximum absolute atomic E-state index is 13.0. The number of carboxylic acid groups (broad SMARTS) is 1. The van der Waals surface area contributed by atoms with Gasteiger partial charge in [-0.2, -0.15) is 0 Å². The molecule has 0 aromatic heterocycles. The van der Waals surface area contributed by atoms with Gasteiger partial charge in [-0.05, 0) is 59.2 Å². The predicted molar refractivity (Wildman–Crippen MR) is 186 cm³/mol. The third-order valence-electron chi connectivity index (χ3n) is 6.48. The fourth-order valence-electron chi connectivity index (χ4n) is 4.56. The van der Waals surface area contributed by atoms with Gasteiger partial charge in [0.25, 0.3) is 0 Å². The third-order valence-corrected chi connectivity index (χ3v) is 6.48. The SMILES string of the molecule is CC(=O)Oc1ccc(/C=C/c2c(/C=C/C(=O)O[C@H](Cc3ccc(OC(C)=O)c(OC(C)=O)c3)C(=O)O)ccc(OC(C)=O)c2OC(C)=O)cc1OC(C)=O. The maximum atomic E-state index is 13.0. The average molecular weight is 747 g/mol. The van der Waals surface area contributed by atoms with Gasteiger partial charge in [0, 0.05) is 59.6 Å². The average Bonchev–Trinajstić information content (AvgIpc) is 3.04. The van der Waals surface area contributed by atoms with E-state index in [1.54, 1.807) is 0 Å². The molecule has 0 unspecified atom stereocenters. The molecule has 0 aliphatic heterocycles. The Bertz CT molecular complexity index is 2060. The highest BCUT2D eigenvalue weighted by molar-refractivity contribution is 5.92. The molecular formula is C38H34O16. The second-order valence-electron chi connectivity index (χ2n) is 11.1. The van der Waals surface area contributed by atoms with Crippen LogP contribution in [0.15, 0.2) is 54.6 Å². The van der Waals surface area contributed by atoms with Crippen molar-refractivity contribution in [2.75, 3.05) is 0 Å². The minimum absolute atomic E-state index is 0.0297. The number of hydrogen-bond acceptors (Lipinski definition) is 15. The van der Waals surface area contributed by atoms with Crippen molar-refractivity contribution in [2.45, 2.75) is 54.1 Å². The summed E-state index contributed by atoms with van der Waals surface area (Å²) in [7, 11) is 0. The van der Waals surface area contributed by atoms with Crippen molar-refractivity contribution in [3.05, 3.63) is 76.9 Å². The van der Waals surface area contributed by atoms with E-state index < -0.39 is 53.9 Å². The van der Waals surface area contributed by atoms with Gasteiger partial charge in [0.15, 0.2) is 34.5 Å². The van der Waals surface area contributed by atoms with Crippen LogP contribution in [-0.4, -0.2) is 59.0 Å². The molecule has 0 bridgehead atoms. The Hall–Kier alpha value is -7.10. The monoisotopic (exact) mass is 746 g/mol. The van der Waals surface area contributed by atoms with Crippen LogP contribution in [0.1, 0.15) is 63.8 Å². The summed E-state index contributed by atoms with van der Waals surface area (Å²) in [6, 6.07) is 10.9. The molecule has 0 saturated heterocycles. The van der Waals surface area contributed by atoms with Crippen LogP contribution >= 0.6 is 0 Å². The lowest BCUT2D eigenvalue weighted by Crippen LogP contribution is -2.28. The van der Waals surface area contributed by atoms with Crippen molar-refractivity contribution >= 4 is 66.0 Å². The normalized spacial score (nSPS) is 11.3. The van der Waals surface area contributed by atoms with E-state index in [0.29, 0.717) is 5.56 Å². The molecule has 16 nitrogen and oxygen atoms in total. The van der Waals surface area contributed by atoms with Crippen LogP contribution in [-0.2, 0) is 49.5 Å². The Balaban J connectivity index is 2.01. The van der Waals surface area contributed by atoms with E-state index in [0.717, 1.165) is 40.7 Å². The van der Waals surface area contributed by atoms with E-state index in [1.165, 1.54) is 73.7 Å². The van der Waals surface area contributed by atoms with Crippen LogP contribution in [0.4, 0.5) is 0 Å². The minimum Gasteiger partial charge on any atom is -0.478 e. The maximum Gasteiger partial charge on any atom is 0.345 e. The largest absolute Gasteiger partial charge is 0.478 e. The fourth-order valence-corrected chi connectivity index (χ4v) is 4.56. The Morgan fingerprint density at radius 3 is 1.57 bits per heavy atom. The highest BCUT2D eigenvalue weighted by Crippen LogP contribution is 2.37. The van der Waals surface area contributed by atoms with Crippen molar-refractivity contribution in [2.24, 2.45) is 0 Å². The summed E-state index contributed by atoms with van der Waals surface area (Å²) in [6.07, 6.45) is 2.94. The Morgan fingerprint density at radius 1 is 0.556 bits per heavy atom. The molecule has 0 spiro atoms. The molecule has 0 saturated carbocycles. The molecule has 282 valence electrons. The second-order valence-corrected chi connectivity index (χ2v) is 11.1. The smallest absolute Gasteiger partial charge is 0.345 e. The molecule has 0 aliphatic carbocycles. The topological polar surface area (TPSA) is 221 Å². The summed E-state index contributed by atoms with van der Waals surface area (Å²) in [5.41, 5.74) is 0.951. The summed E-state index contributed by atoms with van der Waals surface area (Å²) in [4.78, 5) is 95.3. The molecule has 1 atom stereocenters. The first-order valence-corrected chi connectivity index (χ1v) is 15.8. The van der Waals surface area contributed by atoms with Crippen LogP contribution in [0.25, 0.3) is 18.2 Å². The molecule has 3 rings (SSSR count).